The van der Waals surface area contributed by atoms with E-state index in [0.29, 0.717) is 0 Å². The maximum absolute atomic E-state index is 3.63. The summed E-state index contributed by atoms with van der Waals surface area (Å²) in [5.74, 6) is 0. The van der Waals surface area contributed by atoms with Gasteiger partial charge in [0.1, 0.15) is 0 Å². The molecule has 0 fully saturated rings. The fourth-order valence-corrected chi connectivity index (χ4v) is 5.71. The molecule has 1 heteroatoms. The lowest BCUT2D eigenvalue weighted by Crippen LogP contribution is -2.28. The topological polar surface area (TPSA) is 0 Å². The van der Waals surface area contributed by atoms with Gasteiger partial charge in [0.15, 0.2) is 0 Å². The summed E-state index contributed by atoms with van der Waals surface area (Å²) in [6.45, 7) is 0. The summed E-state index contributed by atoms with van der Waals surface area (Å²) in [4.78, 5) is 0. The Balaban J connectivity index is 1.70. The van der Waals surface area contributed by atoms with Gasteiger partial charge in [0.2, 0.25) is 0 Å². The first kappa shape index (κ1) is 19.3. The summed E-state index contributed by atoms with van der Waals surface area (Å²) in [5, 5.41) is 0. The second-order valence-electron chi connectivity index (χ2n) is 8.30. The van der Waals surface area contributed by atoms with Crippen molar-refractivity contribution in [1.29, 1.82) is 0 Å². The monoisotopic (exact) mass is 472 g/mol. The molecule has 1 aliphatic carbocycles. The van der Waals surface area contributed by atoms with Crippen LogP contribution in [0.1, 0.15) is 22.3 Å². The third kappa shape index (κ3) is 2.82. The van der Waals surface area contributed by atoms with E-state index in [1.54, 1.807) is 0 Å². The molecule has 5 aromatic rings. The molecule has 0 unspecified atom stereocenters. The van der Waals surface area contributed by atoms with Crippen molar-refractivity contribution in [2.24, 2.45) is 0 Å². The van der Waals surface area contributed by atoms with Crippen LogP contribution in [0, 0.1) is 0 Å². The van der Waals surface area contributed by atoms with Crippen LogP contribution in [0.3, 0.4) is 0 Å². The molecule has 0 heterocycles. The Bertz CT molecular complexity index is 1390. The van der Waals surface area contributed by atoms with Gasteiger partial charge in [-0.2, -0.15) is 0 Å². The molecule has 0 atom stereocenters. The molecule has 0 spiro atoms. The van der Waals surface area contributed by atoms with Gasteiger partial charge < -0.3 is 0 Å². The van der Waals surface area contributed by atoms with Crippen LogP contribution in [-0.4, -0.2) is 0 Å². The molecular formula is C31H21Br. The maximum atomic E-state index is 3.63. The van der Waals surface area contributed by atoms with Crippen LogP contribution >= 0.6 is 15.9 Å². The quantitative estimate of drug-likeness (QED) is 0.242. The Hall–Kier alpha value is -3.42. The summed E-state index contributed by atoms with van der Waals surface area (Å²) in [5.41, 5.74) is 10.0. The molecule has 0 amide bonds. The van der Waals surface area contributed by atoms with Gasteiger partial charge in [-0.25, -0.2) is 0 Å². The van der Waals surface area contributed by atoms with E-state index in [1.165, 1.54) is 44.5 Å². The second kappa shape index (κ2) is 7.62. The van der Waals surface area contributed by atoms with Crippen molar-refractivity contribution in [3.05, 3.63) is 154 Å². The standard InChI is InChI=1S/C31H21Br/c32-26-15-9-11-23(21-26)22-10-8-14-25(20-22)31(24-12-2-1-3-13-24)29-18-6-4-16-27(29)28-17-5-7-19-30(28)31/h1-21H. The van der Waals surface area contributed by atoms with Crippen molar-refractivity contribution in [2.75, 3.05) is 0 Å². The Labute approximate surface area is 197 Å². The minimum atomic E-state index is -0.351. The van der Waals surface area contributed by atoms with Crippen LogP contribution < -0.4 is 0 Å². The van der Waals surface area contributed by atoms with Gasteiger partial charge in [0.25, 0.3) is 0 Å². The third-order valence-corrected chi connectivity index (χ3v) is 7.11. The molecule has 5 aromatic carbocycles. The van der Waals surface area contributed by atoms with Gasteiger partial charge in [-0.1, -0.05) is 125 Å². The molecule has 0 nitrogen and oxygen atoms in total. The third-order valence-electron chi connectivity index (χ3n) is 6.61. The first-order valence-corrected chi connectivity index (χ1v) is 11.7. The Morgan fingerprint density at radius 1 is 0.438 bits per heavy atom. The largest absolute Gasteiger partial charge is 0.0713 e. The molecule has 1 aliphatic rings. The SMILES string of the molecule is Brc1cccc(-c2cccc(C3(c4ccccc4)c4ccccc4-c4ccccc43)c2)c1. The number of hydrogen-bond acceptors (Lipinski definition) is 0. The van der Waals surface area contributed by atoms with Gasteiger partial charge in [-0.3, -0.25) is 0 Å². The van der Waals surface area contributed by atoms with E-state index in [2.05, 4.69) is 143 Å². The van der Waals surface area contributed by atoms with Crippen molar-refractivity contribution in [3.8, 4) is 22.3 Å². The summed E-state index contributed by atoms with van der Waals surface area (Å²) in [6.07, 6.45) is 0. The summed E-state index contributed by atoms with van der Waals surface area (Å²) >= 11 is 3.63. The van der Waals surface area contributed by atoms with Gasteiger partial charge >= 0.3 is 0 Å². The molecule has 0 aromatic heterocycles. The van der Waals surface area contributed by atoms with E-state index in [9.17, 15) is 0 Å². The molecule has 0 radical (unpaired) electrons. The zero-order chi connectivity index (χ0) is 21.5. The first-order chi connectivity index (χ1) is 15.8. The van der Waals surface area contributed by atoms with E-state index in [-0.39, 0.29) is 5.41 Å². The van der Waals surface area contributed by atoms with Gasteiger partial charge in [-0.05, 0) is 62.7 Å². The van der Waals surface area contributed by atoms with Gasteiger partial charge in [0, 0.05) is 4.47 Å². The highest BCUT2D eigenvalue weighted by Crippen LogP contribution is 2.56. The zero-order valence-corrected chi connectivity index (χ0v) is 19.1. The van der Waals surface area contributed by atoms with Crippen LogP contribution in [0.4, 0.5) is 0 Å². The molecule has 0 saturated carbocycles. The van der Waals surface area contributed by atoms with Crippen LogP contribution in [0.2, 0.25) is 0 Å². The van der Waals surface area contributed by atoms with Gasteiger partial charge in [-0.15, -0.1) is 0 Å². The number of hydrogen-bond donors (Lipinski definition) is 0. The van der Waals surface area contributed by atoms with E-state index >= 15 is 0 Å². The van der Waals surface area contributed by atoms with E-state index in [0.717, 1.165) is 4.47 Å². The van der Waals surface area contributed by atoms with Crippen molar-refractivity contribution >= 4 is 15.9 Å². The molecule has 0 saturated heterocycles. The minimum absolute atomic E-state index is 0.351. The predicted molar refractivity (Wildman–Crippen MR) is 137 cm³/mol. The molecule has 32 heavy (non-hydrogen) atoms. The van der Waals surface area contributed by atoms with Crippen molar-refractivity contribution in [1.82, 2.24) is 0 Å². The average molecular weight is 473 g/mol. The Kier molecular flexibility index (Phi) is 4.59. The number of rotatable bonds is 3. The van der Waals surface area contributed by atoms with Gasteiger partial charge in [0.05, 0.1) is 5.41 Å². The molecule has 6 rings (SSSR count). The Morgan fingerprint density at radius 3 is 1.62 bits per heavy atom. The highest BCUT2D eigenvalue weighted by Gasteiger charge is 2.45. The molecule has 152 valence electrons. The predicted octanol–water partition coefficient (Wildman–Crippen LogP) is 8.48. The van der Waals surface area contributed by atoms with Crippen LogP contribution in [0.5, 0.6) is 0 Å². The molecule has 0 aliphatic heterocycles. The van der Waals surface area contributed by atoms with Crippen molar-refractivity contribution < 1.29 is 0 Å². The molecule has 0 N–H and O–H groups in total. The molecule has 0 bridgehead atoms. The lowest BCUT2D eigenvalue weighted by molar-refractivity contribution is 0.769. The summed E-state index contributed by atoms with van der Waals surface area (Å²) < 4.78 is 1.09. The molecular weight excluding hydrogens is 452 g/mol. The normalized spacial score (nSPS) is 13.4. The lowest BCUT2D eigenvalue weighted by atomic mass is 9.67. The maximum Gasteiger partial charge on any atom is 0.0713 e. The summed E-state index contributed by atoms with van der Waals surface area (Å²) in [6, 6.07) is 46.3. The number of benzene rings is 5. The Morgan fingerprint density at radius 2 is 0.969 bits per heavy atom. The smallest absolute Gasteiger partial charge is 0.0622 e. The first-order valence-electron chi connectivity index (χ1n) is 10.9. The van der Waals surface area contributed by atoms with E-state index < -0.39 is 0 Å². The van der Waals surface area contributed by atoms with Crippen molar-refractivity contribution in [2.45, 2.75) is 5.41 Å². The number of halogens is 1. The zero-order valence-electron chi connectivity index (χ0n) is 17.5. The van der Waals surface area contributed by atoms with Crippen LogP contribution in [0.25, 0.3) is 22.3 Å². The highest BCUT2D eigenvalue weighted by atomic mass is 79.9. The van der Waals surface area contributed by atoms with Crippen LogP contribution in [0.15, 0.2) is 132 Å². The minimum Gasteiger partial charge on any atom is -0.0622 e. The van der Waals surface area contributed by atoms with E-state index in [1.807, 2.05) is 0 Å². The fraction of sp³-hybridized carbons (Fsp3) is 0.0323. The fourth-order valence-electron chi connectivity index (χ4n) is 5.31. The van der Waals surface area contributed by atoms with E-state index in [4.69, 9.17) is 0 Å². The lowest BCUT2D eigenvalue weighted by Gasteiger charge is -2.34. The average Bonchev–Trinajstić information content (AvgIpc) is 3.16. The highest BCUT2D eigenvalue weighted by molar-refractivity contribution is 9.10. The second-order valence-corrected chi connectivity index (χ2v) is 9.21. The van der Waals surface area contributed by atoms with Crippen LogP contribution in [-0.2, 0) is 5.41 Å². The number of fused-ring (bicyclic) bond motifs is 3. The summed E-state index contributed by atoms with van der Waals surface area (Å²) in [7, 11) is 0. The van der Waals surface area contributed by atoms with Crippen molar-refractivity contribution in [3.63, 3.8) is 0 Å².